The van der Waals surface area contributed by atoms with E-state index in [1.165, 1.54) is 10.9 Å². The van der Waals surface area contributed by atoms with Crippen LogP contribution in [0.25, 0.3) is 10.9 Å². The van der Waals surface area contributed by atoms with Crippen LogP contribution in [0.2, 0.25) is 0 Å². The van der Waals surface area contributed by atoms with Crippen molar-refractivity contribution >= 4 is 22.6 Å². The van der Waals surface area contributed by atoms with Gasteiger partial charge in [-0.05, 0) is 61.2 Å². The van der Waals surface area contributed by atoms with E-state index in [1.807, 2.05) is 35.0 Å². The van der Waals surface area contributed by atoms with Gasteiger partial charge >= 0.3 is 0 Å². The van der Waals surface area contributed by atoms with E-state index in [2.05, 4.69) is 50.8 Å². The summed E-state index contributed by atoms with van der Waals surface area (Å²) in [4.78, 5) is 18.3. The number of H-pyrrole nitrogens is 1. The SMILES string of the molecule is COc1ccc2[nH]cc(C3CCN(CC(=O)Nc4ccnn4Cc4ccccc4)CC3)c2c1. The van der Waals surface area contributed by atoms with E-state index in [0.717, 1.165) is 48.6 Å². The van der Waals surface area contributed by atoms with Gasteiger partial charge in [0.05, 0.1) is 26.4 Å². The molecular formula is C26H29N5O2. The van der Waals surface area contributed by atoms with Crippen molar-refractivity contribution in [2.45, 2.75) is 25.3 Å². The number of nitrogens with one attached hydrogen (secondary N) is 2. The van der Waals surface area contributed by atoms with Gasteiger partial charge < -0.3 is 15.0 Å². The Labute approximate surface area is 193 Å². The molecule has 3 heterocycles. The van der Waals surface area contributed by atoms with Crippen LogP contribution in [0, 0.1) is 0 Å². The number of carbonyl (C=O) groups is 1. The number of anilines is 1. The number of ether oxygens (including phenoxy) is 1. The number of fused-ring (bicyclic) bond motifs is 1. The number of carbonyl (C=O) groups excluding carboxylic acids is 1. The first-order chi connectivity index (χ1) is 16.2. The second kappa shape index (κ2) is 9.50. The van der Waals surface area contributed by atoms with Gasteiger partial charge in [-0.15, -0.1) is 0 Å². The molecule has 1 aliphatic heterocycles. The molecule has 1 fully saturated rings. The quantitative estimate of drug-likeness (QED) is 0.448. The third-order valence-corrected chi connectivity index (χ3v) is 6.47. The fourth-order valence-electron chi connectivity index (χ4n) is 4.69. The van der Waals surface area contributed by atoms with Crippen molar-refractivity contribution in [3.63, 3.8) is 0 Å². The fourth-order valence-corrected chi connectivity index (χ4v) is 4.69. The zero-order chi connectivity index (χ0) is 22.6. The Morgan fingerprint density at radius 3 is 2.76 bits per heavy atom. The summed E-state index contributed by atoms with van der Waals surface area (Å²) in [5.41, 5.74) is 3.63. The van der Waals surface area contributed by atoms with Crippen LogP contribution in [-0.4, -0.2) is 52.3 Å². The van der Waals surface area contributed by atoms with E-state index in [-0.39, 0.29) is 5.91 Å². The summed E-state index contributed by atoms with van der Waals surface area (Å²) in [6.07, 6.45) is 5.91. The Morgan fingerprint density at radius 1 is 1.15 bits per heavy atom. The number of likely N-dealkylation sites (tertiary alicyclic amines) is 1. The monoisotopic (exact) mass is 443 g/mol. The molecule has 2 N–H and O–H groups in total. The normalized spacial score (nSPS) is 15.1. The van der Waals surface area contributed by atoms with Crippen LogP contribution in [0.15, 0.2) is 67.0 Å². The van der Waals surface area contributed by atoms with Gasteiger partial charge in [-0.2, -0.15) is 5.10 Å². The average molecular weight is 444 g/mol. The van der Waals surface area contributed by atoms with Gasteiger partial charge in [-0.1, -0.05) is 30.3 Å². The lowest BCUT2D eigenvalue weighted by molar-refractivity contribution is -0.117. The van der Waals surface area contributed by atoms with Crippen LogP contribution < -0.4 is 10.1 Å². The van der Waals surface area contributed by atoms with Gasteiger partial charge in [0.1, 0.15) is 11.6 Å². The van der Waals surface area contributed by atoms with Crippen LogP contribution in [0.5, 0.6) is 5.75 Å². The molecule has 0 radical (unpaired) electrons. The molecule has 7 heteroatoms. The summed E-state index contributed by atoms with van der Waals surface area (Å²) in [5.74, 6) is 2.09. The number of benzene rings is 2. The second-order valence-electron chi connectivity index (χ2n) is 8.61. The number of hydrogen-bond donors (Lipinski definition) is 2. The minimum absolute atomic E-state index is 0.0000854. The summed E-state index contributed by atoms with van der Waals surface area (Å²) >= 11 is 0. The van der Waals surface area contributed by atoms with Gasteiger partial charge in [-0.3, -0.25) is 9.69 Å². The van der Waals surface area contributed by atoms with Crippen molar-refractivity contribution in [2.24, 2.45) is 0 Å². The number of aromatic nitrogens is 3. The highest BCUT2D eigenvalue weighted by atomic mass is 16.5. The van der Waals surface area contributed by atoms with Gasteiger partial charge in [0, 0.05) is 23.2 Å². The van der Waals surface area contributed by atoms with Gasteiger partial charge in [0.15, 0.2) is 0 Å². The lowest BCUT2D eigenvalue weighted by Gasteiger charge is -2.31. The summed E-state index contributed by atoms with van der Waals surface area (Å²) in [6, 6.07) is 18.1. The van der Waals surface area contributed by atoms with Gasteiger partial charge in [-0.25, -0.2) is 4.68 Å². The molecule has 1 saturated heterocycles. The van der Waals surface area contributed by atoms with Crippen LogP contribution >= 0.6 is 0 Å². The standard InChI is InChI=1S/C26H29N5O2/c1-33-21-7-8-24-22(15-21)23(16-27-24)20-10-13-30(14-11-20)18-26(32)29-25-9-12-28-31(25)17-19-5-3-2-4-6-19/h2-9,12,15-16,20,27H,10-11,13-14,17-18H2,1H3,(H,29,32). The average Bonchev–Trinajstić information content (AvgIpc) is 3.46. The minimum atomic E-state index is 0.0000854. The molecule has 170 valence electrons. The van der Waals surface area contributed by atoms with Crippen LogP contribution in [0.3, 0.4) is 0 Å². The minimum Gasteiger partial charge on any atom is -0.497 e. The highest BCUT2D eigenvalue weighted by Crippen LogP contribution is 2.34. The lowest BCUT2D eigenvalue weighted by atomic mass is 9.89. The van der Waals surface area contributed by atoms with E-state index >= 15 is 0 Å². The number of amides is 1. The smallest absolute Gasteiger partial charge is 0.239 e. The topological polar surface area (TPSA) is 75.2 Å². The Kier molecular flexibility index (Phi) is 6.13. The molecule has 7 nitrogen and oxygen atoms in total. The molecule has 1 amide bonds. The summed E-state index contributed by atoms with van der Waals surface area (Å²) < 4.78 is 7.23. The first-order valence-corrected chi connectivity index (χ1v) is 11.4. The van der Waals surface area contributed by atoms with Crippen molar-refractivity contribution in [1.82, 2.24) is 19.7 Å². The molecule has 0 atom stereocenters. The summed E-state index contributed by atoms with van der Waals surface area (Å²) in [6.45, 7) is 2.82. The molecular weight excluding hydrogens is 414 g/mol. The Balaban J connectivity index is 1.16. The zero-order valence-corrected chi connectivity index (χ0v) is 18.8. The Bertz CT molecular complexity index is 1220. The Hall–Kier alpha value is -3.58. The second-order valence-corrected chi connectivity index (χ2v) is 8.61. The molecule has 2 aromatic carbocycles. The van der Waals surface area contributed by atoms with Crippen molar-refractivity contribution in [3.8, 4) is 5.75 Å². The number of nitrogens with zero attached hydrogens (tertiary/aromatic N) is 3. The molecule has 0 bridgehead atoms. The molecule has 5 rings (SSSR count). The number of hydrogen-bond acceptors (Lipinski definition) is 4. The predicted octanol–water partition coefficient (Wildman–Crippen LogP) is 4.24. The van der Waals surface area contributed by atoms with E-state index in [0.29, 0.717) is 19.0 Å². The molecule has 33 heavy (non-hydrogen) atoms. The third-order valence-electron chi connectivity index (χ3n) is 6.47. The number of piperidine rings is 1. The zero-order valence-electron chi connectivity index (χ0n) is 18.8. The van der Waals surface area contributed by atoms with E-state index < -0.39 is 0 Å². The van der Waals surface area contributed by atoms with Crippen molar-refractivity contribution in [3.05, 3.63) is 78.1 Å². The maximum atomic E-state index is 12.7. The van der Waals surface area contributed by atoms with Crippen molar-refractivity contribution < 1.29 is 9.53 Å². The molecule has 2 aromatic heterocycles. The van der Waals surface area contributed by atoms with Crippen molar-refractivity contribution in [2.75, 3.05) is 32.1 Å². The largest absolute Gasteiger partial charge is 0.497 e. The molecule has 0 aliphatic carbocycles. The third kappa shape index (κ3) is 4.78. The van der Waals surface area contributed by atoms with Gasteiger partial charge in [0.2, 0.25) is 5.91 Å². The van der Waals surface area contributed by atoms with Crippen LogP contribution in [-0.2, 0) is 11.3 Å². The van der Waals surface area contributed by atoms with E-state index in [4.69, 9.17) is 4.74 Å². The lowest BCUT2D eigenvalue weighted by Crippen LogP contribution is -2.39. The Morgan fingerprint density at radius 2 is 1.97 bits per heavy atom. The van der Waals surface area contributed by atoms with Crippen molar-refractivity contribution in [1.29, 1.82) is 0 Å². The first-order valence-electron chi connectivity index (χ1n) is 11.4. The van der Waals surface area contributed by atoms with E-state index in [1.54, 1.807) is 13.3 Å². The number of rotatable bonds is 7. The molecule has 0 unspecified atom stereocenters. The maximum absolute atomic E-state index is 12.7. The summed E-state index contributed by atoms with van der Waals surface area (Å²) in [7, 11) is 1.70. The molecule has 4 aromatic rings. The predicted molar refractivity (Wildman–Crippen MR) is 130 cm³/mol. The fraction of sp³-hybridized carbons (Fsp3) is 0.308. The number of aromatic amines is 1. The van der Waals surface area contributed by atoms with Gasteiger partial charge in [0.25, 0.3) is 0 Å². The highest BCUT2D eigenvalue weighted by molar-refractivity contribution is 5.91. The molecule has 0 saturated carbocycles. The summed E-state index contributed by atoms with van der Waals surface area (Å²) in [5, 5.41) is 8.63. The van der Waals surface area contributed by atoms with Crippen LogP contribution in [0.1, 0.15) is 29.9 Å². The van der Waals surface area contributed by atoms with E-state index in [9.17, 15) is 4.79 Å². The maximum Gasteiger partial charge on any atom is 0.239 e. The molecule has 0 spiro atoms. The molecule has 1 aliphatic rings. The number of methoxy groups -OCH3 is 1. The highest BCUT2D eigenvalue weighted by Gasteiger charge is 2.24. The first kappa shape index (κ1) is 21.3. The van der Waals surface area contributed by atoms with Crippen LogP contribution in [0.4, 0.5) is 5.82 Å².